The number of aromatic nitrogens is 1. The van der Waals surface area contributed by atoms with Gasteiger partial charge in [0, 0.05) is 22.6 Å². The number of rotatable bonds is 8. The van der Waals surface area contributed by atoms with Gasteiger partial charge in [0.25, 0.3) is 0 Å². The molecule has 0 amide bonds. The number of nitro benzene ring substituents is 1. The molecular weight excluding hydrogens is 412 g/mol. The van der Waals surface area contributed by atoms with Gasteiger partial charge in [-0.05, 0) is 17.7 Å². The molecule has 1 aromatic heterocycles. The maximum Gasteiger partial charge on any atom is 0.311 e. The van der Waals surface area contributed by atoms with Crippen LogP contribution in [-0.2, 0) is 6.61 Å². The van der Waals surface area contributed by atoms with E-state index in [4.69, 9.17) is 4.74 Å². The summed E-state index contributed by atoms with van der Waals surface area (Å²) in [5.74, 6) is 0.214. The van der Waals surface area contributed by atoms with E-state index in [-0.39, 0.29) is 18.0 Å². The quantitative estimate of drug-likeness (QED) is 0.219. The fraction of sp³-hybridized carbons (Fsp3) is 0.0435. The largest absolute Gasteiger partial charge is 0.482 e. The van der Waals surface area contributed by atoms with E-state index in [2.05, 4.69) is 15.5 Å². The summed E-state index contributed by atoms with van der Waals surface area (Å²) in [5, 5.41) is 18.2. The number of nitrogens with zero attached hydrogens (tertiary/aromatic N) is 3. The van der Waals surface area contributed by atoms with Crippen molar-refractivity contribution in [2.24, 2.45) is 5.10 Å². The van der Waals surface area contributed by atoms with Crippen molar-refractivity contribution in [2.75, 3.05) is 5.43 Å². The topological polar surface area (TPSA) is 89.7 Å². The third kappa shape index (κ3) is 5.31. The highest BCUT2D eigenvalue weighted by atomic mass is 32.1. The second-order valence-electron chi connectivity index (χ2n) is 6.53. The summed E-state index contributed by atoms with van der Waals surface area (Å²) >= 11 is 1.43. The van der Waals surface area contributed by atoms with Gasteiger partial charge in [-0.3, -0.25) is 15.5 Å². The molecule has 0 radical (unpaired) electrons. The van der Waals surface area contributed by atoms with Crippen LogP contribution in [0.3, 0.4) is 0 Å². The summed E-state index contributed by atoms with van der Waals surface area (Å²) in [6, 6.07) is 24.1. The molecule has 0 unspecified atom stereocenters. The van der Waals surface area contributed by atoms with Crippen molar-refractivity contribution in [1.82, 2.24) is 4.98 Å². The van der Waals surface area contributed by atoms with Crippen LogP contribution in [0, 0.1) is 10.1 Å². The maximum absolute atomic E-state index is 11.5. The number of hydrogen-bond acceptors (Lipinski definition) is 7. The Kier molecular flexibility index (Phi) is 6.29. The summed E-state index contributed by atoms with van der Waals surface area (Å²) < 4.78 is 5.65. The Labute approximate surface area is 182 Å². The predicted octanol–water partition coefficient (Wildman–Crippen LogP) is 5.74. The summed E-state index contributed by atoms with van der Waals surface area (Å²) in [6.07, 6.45) is 1.51. The fourth-order valence-electron chi connectivity index (χ4n) is 2.84. The van der Waals surface area contributed by atoms with E-state index >= 15 is 0 Å². The summed E-state index contributed by atoms with van der Waals surface area (Å²) in [6.45, 7) is 0.254. The average molecular weight is 430 g/mol. The molecule has 154 valence electrons. The Morgan fingerprint density at radius 2 is 1.81 bits per heavy atom. The molecule has 1 N–H and O–H groups in total. The predicted molar refractivity (Wildman–Crippen MR) is 123 cm³/mol. The second kappa shape index (κ2) is 9.64. The van der Waals surface area contributed by atoms with Crippen molar-refractivity contribution in [3.05, 3.63) is 105 Å². The van der Waals surface area contributed by atoms with Crippen molar-refractivity contribution >= 4 is 28.4 Å². The number of benzene rings is 3. The number of ether oxygens (including phenoxy) is 1. The van der Waals surface area contributed by atoms with Crippen LogP contribution in [0.15, 0.2) is 89.3 Å². The van der Waals surface area contributed by atoms with Gasteiger partial charge < -0.3 is 4.74 Å². The molecule has 4 aromatic rings. The zero-order chi connectivity index (χ0) is 21.5. The van der Waals surface area contributed by atoms with E-state index in [1.807, 2.05) is 66.0 Å². The third-order valence-corrected chi connectivity index (χ3v) is 5.11. The van der Waals surface area contributed by atoms with E-state index in [0.717, 1.165) is 16.8 Å². The first-order valence-electron chi connectivity index (χ1n) is 9.44. The Morgan fingerprint density at radius 1 is 1.06 bits per heavy atom. The van der Waals surface area contributed by atoms with Crippen molar-refractivity contribution < 1.29 is 9.66 Å². The molecule has 31 heavy (non-hydrogen) atoms. The zero-order valence-corrected chi connectivity index (χ0v) is 17.2. The van der Waals surface area contributed by atoms with Gasteiger partial charge in [-0.25, -0.2) is 4.98 Å². The van der Waals surface area contributed by atoms with Crippen molar-refractivity contribution in [2.45, 2.75) is 6.61 Å². The molecule has 0 fully saturated rings. The molecule has 8 heteroatoms. The Morgan fingerprint density at radius 3 is 2.55 bits per heavy atom. The number of hydrazone groups is 1. The van der Waals surface area contributed by atoms with Crippen LogP contribution < -0.4 is 10.2 Å². The summed E-state index contributed by atoms with van der Waals surface area (Å²) in [4.78, 5) is 15.5. The molecule has 0 aliphatic rings. The van der Waals surface area contributed by atoms with Crippen LogP contribution in [0.1, 0.15) is 11.1 Å². The van der Waals surface area contributed by atoms with Crippen LogP contribution in [-0.4, -0.2) is 16.1 Å². The highest BCUT2D eigenvalue weighted by Gasteiger charge is 2.16. The van der Waals surface area contributed by atoms with E-state index in [1.54, 1.807) is 12.1 Å². The van der Waals surface area contributed by atoms with Crippen molar-refractivity contribution in [3.8, 4) is 17.0 Å². The van der Waals surface area contributed by atoms with Gasteiger partial charge in [-0.1, -0.05) is 60.7 Å². The maximum atomic E-state index is 11.5. The lowest BCUT2D eigenvalue weighted by molar-refractivity contribution is -0.385. The van der Waals surface area contributed by atoms with Gasteiger partial charge in [0.2, 0.25) is 5.13 Å². The van der Waals surface area contributed by atoms with E-state index in [0.29, 0.717) is 10.7 Å². The first kappa shape index (κ1) is 20.2. The molecule has 0 aliphatic heterocycles. The monoisotopic (exact) mass is 430 g/mol. The standard InChI is InChI=1S/C23H18N4O3S/c28-27(29)21-13-18(11-12-22(21)30-15-17-7-3-1-4-8-17)14-24-26-23-25-20(16-31-23)19-9-5-2-6-10-19/h1-14,16H,15H2,(H,25,26). The Hall–Kier alpha value is -4.04. The second-order valence-corrected chi connectivity index (χ2v) is 7.39. The smallest absolute Gasteiger partial charge is 0.311 e. The average Bonchev–Trinajstić information content (AvgIpc) is 3.28. The summed E-state index contributed by atoms with van der Waals surface area (Å²) in [5.41, 5.74) is 6.15. The molecule has 0 saturated carbocycles. The lowest BCUT2D eigenvalue weighted by Gasteiger charge is -2.07. The molecule has 0 saturated heterocycles. The molecule has 3 aromatic carbocycles. The first-order valence-corrected chi connectivity index (χ1v) is 10.3. The zero-order valence-electron chi connectivity index (χ0n) is 16.3. The van der Waals surface area contributed by atoms with Crippen molar-refractivity contribution in [1.29, 1.82) is 0 Å². The minimum atomic E-state index is -0.460. The lowest BCUT2D eigenvalue weighted by Crippen LogP contribution is -2.00. The van der Waals surface area contributed by atoms with Gasteiger partial charge in [0.15, 0.2) is 5.75 Å². The van der Waals surface area contributed by atoms with Crippen LogP contribution >= 0.6 is 11.3 Å². The minimum Gasteiger partial charge on any atom is -0.482 e. The van der Waals surface area contributed by atoms with Gasteiger partial charge in [0.05, 0.1) is 16.8 Å². The number of nitrogens with one attached hydrogen (secondary N) is 1. The van der Waals surface area contributed by atoms with E-state index in [1.165, 1.54) is 23.6 Å². The molecule has 0 bridgehead atoms. The molecule has 7 nitrogen and oxygen atoms in total. The highest BCUT2D eigenvalue weighted by Crippen LogP contribution is 2.28. The van der Waals surface area contributed by atoms with Crippen LogP contribution in [0.5, 0.6) is 5.75 Å². The van der Waals surface area contributed by atoms with Gasteiger partial charge in [-0.15, -0.1) is 11.3 Å². The minimum absolute atomic E-state index is 0.111. The fourth-order valence-corrected chi connectivity index (χ4v) is 3.51. The molecule has 4 rings (SSSR count). The SMILES string of the molecule is O=[N+]([O-])c1cc(C=NNc2nc(-c3ccccc3)cs2)ccc1OCc1ccccc1. The highest BCUT2D eigenvalue weighted by molar-refractivity contribution is 7.14. The molecule has 0 spiro atoms. The van der Waals surface area contributed by atoms with Gasteiger partial charge in [-0.2, -0.15) is 5.10 Å². The van der Waals surface area contributed by atoms with Crippen LogP contribution in [0.4, 0.5) is 10.8 Å². The van der Waals surface area contributed by atoms with Crippen molar-refractivity contribution in [3.63, 3.8) is 0 Å². The number of anilines is 1. The van der Waals surface area contributed by atoms with Crippen LogP contribution in [0.25, 0.3) is 11.3 Å². The van der Waals surface area contributed by atoms with Crippen LogP contribution in [0.2, 0.25) is 0 Å². The Bertz CT molecular complexity index is 1190. The third-order valence-electron chi connectivity index (χ3n) is 4.36. The van der Waals surface area contributed by atoms with Gasteiger partial charge in [0.1, 0.15) is 6.61 Å². The number of thiazole rings is 1. The Balaban J connectivity index is 1.42. The molecule has 0 aliphatic carbocycles. The normalized spacial score (nSPS) is 10.8. The molecule has 0 atom stereocenters. The first-order chi connectivity index (χ1) is 15.2. The lowest BCUT2D eigenvalue weighted by atomic mass is 10.2. The van der Waals surface area contributed by atoms with Gasteiger partial charge >= 0.3 is 5.69 Å². The van der Waals surface area contributed by atoms with E-state index in [9.17, 15) is 10.1 Å². The number of hydrogen-bond donors (Lipinski definition) is 1. The number of nitro groups is 1. The molecule has 1 heterocycles. The molecular formula is C23H18N4O3S. The summed E-state index contributed by atoms with van der Waals surface area (Å²) in [7, 11) is 0. The van der Waals surface area contributed by atoms with E-state index < -0.39 is 4.92 Å².